The molecule has 3 aromatic heterocycles. The van der Waals surface area contributed by atoms with Gasteiger partial charge < -0.3 is 4.57 Å². The molecular weight excluding hydrogens is 306 g/mol. The number of nitrogens with zero attached hydrogens (tertiary/aromatic N) is 4. The van der Waals surface area contributed by atoms with Crippen molar-refractivity contribution in [3.63, 3.8) is 0 Å². The number of benzene rings is 1. The number of aromatic nitrogens is 5. The standard InChI is InChI=1S/C17H17N5O2/c1-11-10-22-13-14(20(2)17(24)19-15(13)23)18-16(22)21(11)9-8-12-6-4-3-5-7-12/h3-7,10H,8-9H2,1-2H3,(H,19,23,24). The third-order valence-corrected chi connectivity index (χ3v) is 4.38. The Morgan fingerprint density at radius 1 is 1.17 bits per heavy atom. The summed E-state index contributed by atoms with van der Waals surface area (Å²) in [6, 6.07) is 10.2. The number of nitrogens with one attached hydrogen (secondary N) is 1. The van der Waals surface area contributed by atoms with Crippen molar-refractivity contribution in [2.24, 2.45) is 7.05 Å². The number of H-pyrrole nitrogens is 1. The summed E-state index contributed by atoms with van der Waals surface area (Å²) < 4.78 is 5.19. The van der Waals surface area contributed by atoms with Gasteiger partial charge in [-0.1, -0.05) is 30.3 Å². The fourth-order valence-electron chi connectivity index (χ4n) is 3.08. The van der Waals surface area contributed by atoms with E-state index >= 15 is 0 Å². The van der Waals surface area contributed by atoms with Crippen LogP contribution in [0.25, 0.3) is 16.9 Å². The van der Waals surface area contributed by atoms with Crippen LogP contribution >= 0.6 is 0 Å². The van der Waals surface area contributed by atoms with Gasteiger partial charge in [0.05, 0.1) is 0 Å². The molecule has 3 heterocycles. The molecule has 0 aliphatic heterocycles. The van der Waals surface area contributed by atoms with E-state index in [0.717, 1.165) is 18.7 Å². The van der Waals surface area contributed by atoms with Crippen LogP contribution in [0.4, 0.5) is 0 Å². The first-order valence-corrected chi connectivity index (χ1v) is 7.77. The first-order valence-electron chi connectivity index (χ1n) is 7.77. The van der Waals surface area contributed by atoms with Crippen molar-refractivity contribution in [2.75, 3.05) is 0 Å². The highest BCUT2D eigenvalue weighted by Gasteiger charge is 2.17. The summed E-state index contributed by atoms with van der Waals surface area (Å²) in [5, 5.41) is 0. The van der Waals surface area contributed by atoms with Crippen LogP contribution in [0.1, 0.15) is 11.3 Å². The molecule has 0 aliphatic rings. The third-order valence-electron chi connectivity index (χ3n) is 4.38. The number of imidazole rings is 2. The number of aryl methyl sites for hydroxylation is 4. The molecule has 0 radical (unpaired) electrons. The van der Waals surface area contributed by atoms with Crippen LogP contribution in [0.5, 0.6) is 0 Å². The van der Waals surface area contributed by atoms with E-state index in [9.17, 15) is 9.59 Å². The SMILES string of the molecule is Cc1cn2c3c(=O)[nH]c(=O)n(C)c3nc2n1CCc1ccccc1. The van der Waals surface area contributed by atoms with E-state index < -0.39 is 11.2 Å². The summed E-state index contributed by atoms with van der Waals surface area (Å²) in [7, 11) is 1.61. The smallest absolute Gasteiger partial charge is 0.314 e. The van der Waals surface area contributed by atoms with E-state index in [2.05, 4.69) is 26.7 Å². The van der Waals surface area contributed by atoms with E-state index in [1.54, 1.807) is 11.4 Å². The predicted molar refractivity (Wildman–Crippen MR) is 91.4 cm³/mol. The lowest BCUT2D eigenvalue weighted by Crippen LogP contribution is -2.28. The molecule has 4 aromatic rings. The van der Waals surface area contributed by atoms with Crippen molar-refractivity contribution in [3.8, 4) is 0 Å². The van der Waals surface area contributed by atoms with Crippen LogP contribution in [0.2, 0.25) is 0 Å². The van der Waals surface area contributed by atoms with Gasteiger partial charge in [0.15, 0.2) is 11.2 Å². The van der Waals surface area contributed by atoms with Gasteiger partial charge in [0, 0.05) is 25.5 Å². The summed E-state index contributed by atoms with van der Waals surface area (Å²) in [4.78, 5) is 30.8. The summed E-state index contributed by atoms with van der Waals surface area (Å²) in [5.74, 6) is 0.671. The lowest BCUT2D eigenvalue weighted by molar-refractivity contribution is 0.694. The van der Waals surface area contributed by atoms with Gasteiger partial charge in [-0.3, -0.25) is 18.7 Å². The number of aromatic amines is 1. The molecule has 122 valence electrons. The van der Waals surface area contributed by atoms with Crippen LogP contribution in [-0.2, 0) is 20.0 Å². The fraction of sp³-hybridized carbons (Fsp3) is 0.235. The second kappa shape index (κ2) is 5.23. The second-order valence-corrected chi connectivity index (χ2v) is 5.93. The maximum atomic E-state index is 12.2. The molecule has 0 spiro atoms. The van der Waals surface area contributed by atoms with Crippen molar-refractivity contribution < 1.29 is 0 Å². The van der Waals surface area contributed by atoms with Gasteiger partial charge in [-0.15, -0.1) is 0 Å². The normalized spacial score (nSPS) is 11.6. The number of hydrogen-bond acceptors (Lipinski definition) is 3. The molecule has 0 amide bonds. The minimum Gasteiger partial charge on any atom is -0.314 e. The molecule has 1 N–H and O–H groups in total. The van der Waals surface area contributed by atoms with Crippen LogP contribution in [0.15, 0.2) is 46.1 Å². The average molecular weight is 323 g/mol. The molecule has 0 saturated carbocycles. The summed E-state index contributed by atoms with van der Waals surface area (Å²) in [5.41, 5.74) is 2.18. The summed E-state index contributed by atoms with van der Waals surface area (Å²) in [6.45, 7) is 2.74. The van der Waals surface area contributed by atoms with Gasteiger partial charge in [0.2, 0.25) is 5.78 Å². The first-order chi connectivity index (χ1) is 11.6. The van der Waals surface area contributed by atoms with Crippen molar-refractivity contribution in [3.05, 3.63) is 68.6 Å². The van der Waals surface area contributed by atoms with Crippen molar-refractivity contribution in [1.29, 1.82) is 0 Å². The Hall–Kier alpha value is -3.09. The van der Waals surface area contributed by atoms with Gasteiger partial charge in [-0.25, -0.2) is 4.79 Å². The van der Waals surface area contributed by atoms with Gasteiger partial charge in [0.25, 0.3) is 5.56 Å². The Bertz CT molecular complexity index is 1160. The Morgan fingerprint density at radius 3 is 2.67 bits per heavy atom. The average Bonchev–Trinajstić information content (AvgIpc) is 3.07. The van der Waals surface area contributed by atoms with E-state index in [-0.39, 0.29) is 0 Å². The van der Waals surface area contributed by atoms with Crippen molar-refractivity contribution in [2.45, 2.75) is 19.9 Å². The molecule has 0 bridgehead atoms. The van der Waals surface area contributed by atoms with Crippen LogP contribution in [0.3, 0.4) is 0 Å². The van der Waals surface area contributed by atoms with Gasteiger partial charge in [-0.05, 0) is 18.9 Å². The molecule has 0 saturated heterocycles. The predicted octanol–water partition coefficient (Wildman–Crippen LogP) is 1.23. The number of hydrogen-bond donors (Lipinski definition) is 1. The quantitative estimate of drug-likeness (QED) is 0.616. The zero-order valence-electron chi connectivity index (χ0n) is 13.5. The van der Waals surface area contributed by atoms with E-state index in [1.807, 2.05) is 31.3 Å². The van der Waals surface area contributed by atoms with E-state index in [0.29, 0.717) is 16.9 Å². The molecule has 0 aliphatic carbocycles. The Labute approximate surface area is 136 Å². The molecule has 24 heavy (non-hydrogen) atoms. The molecule has 7 nitrogen and oxygen atoms in total. The molecule has 0 unspecified atom stereocenters. The minimum atomic E-state index is -0.458. The highest BCUT2D eigenvalue weighted by Crippen LogP contribution is 2.16. The largest absolute Gasteiger partial charge is 0.329 e. The summed E-state index contributed by atoms with van der Waals surface area (Å²) >= 11 is 0. The lowest BCUT2D eigenvalue weighted by atomic mass is 10.1. The maximum absolute atomic E-state index is 12.2. The Kier molecular flexibility index (Phi) is 3.16. The monoisotopic (exact) mass is 323 g/mol. The maximum Gasteiger partial charge on any atom is 0.329 e. The Morgan fingerprint density at radius 2 is 1.92 bits per heavy atom. The van der Waals surface area contributed by atoms with Crippen LogP contribution < -0.4 is 11.2 Å². The van der Waals surface area contributed by atoms with E-state index in [1.165, 1.54) is 10.1 Å². The Balaban J connectivity index is 1.87. The van der Waals surface area contributed by atoms with Gasteiger partial charge in [-0.2, -0.15) is 4.98 Å². The minimum absolute atomic E-state index is 0.396. The molecular formula is C17H17N5O2. The van der Waals surface area contributed by atoms with Crippen LogP contribution in [0, 0.1) is 6.92 Å². The number of rotatable bonds is 3. The van der Waals surface area contributed by atoms with Gasteiger partial charge >= 0.3 is 5.69 Å². The van der Waals surface area contributed by atoms with E-state index in [4.69, 9.17) is 0 Å². The van der Waals surface area contributed by atoms with Crippen molar-refractivity contribution in [1.82, 2.24) is 23.5 Å². The number of fused-ring (bicyclic) bond motifs is 3. The lowest BCUT2D eigenvalue weighted by Gasteiger charge is -2.05. The highest BCUT2D eigenvalue weighted by atomic mass is 16.2. The fourth-order valence-corrected chi connectivity index (χ4v) is 3.08. The zero-order chi connectivity index (χ0) is 16.8. The van der Waals surface area contributed by atoms with Crippen molar-refractivity contribution >= 4 is 16.9 Å². The molecule has 0 atom stereocenters. The molecule has 0 fully saturated rings. The molecule has 1 aromatic carbocycles. The third kappa shape index (κ3) is 2.09. The zero-order valence-corrected chi connectivity index (χ0v) is 13.5. The topological polar surface area (TPSA) is 77.1 Å². The van der Waals surface area contributed by atoms with Gasteiger partial charge in [0.1, 0.15) is 0 Å². The second-order valence-electron chi connectivity index (χ2n) is 5.93. The highest BCUT2D eigenvalue weighted by molar-refractivity contribution is 5.75. The first kappa shape index (κ1) is 14.5. The molecule has 7 heteroatoms. The molecule has 4 rings (SSSR count). The summed E-state index contributed by atoms with van der Waals surface area (Å²) in [6.07, 6.45) is 2.75. The van der Waals surface area contributed by atoms with Crippen LogP contribution in [-0.4, -0.2) is 23.5 Å².